The molecule has 1 amide bonds. The third-order valence-corrected chi connectivity index (χ3v) is 3.89. The van der Waals surface area contributed by atoms with Crippen LogP contribution in [0.2, 0.25) is 0 Å². The SMILES string of the molecule is CC.Cc1cc(-c2ccc(N3C[C@H](Cn4ccnn4)OC3=O)cc2F)on1. The first-order valence-electron chi connectivity index (χ1n) is 8.65. The summed E-state index contributed by atoms with van der Waals surface area (Å²) < 4.78 is 26.4. The predicted octanol–water partition coefficient (Wildman–Crippen LogP) is 3.43. The van der Waals surface area contributed by atoms with Crippen molar-refractivity contribution in [3.05, 3.63) is 48.2 Å². The van der Waals surface area contributed by atoms with E-state index in [1.165, 1.54) is 11.0 Å². The molecule has 4 rings (SSSR count). The number of aromatic nitrogens is 4. The molecule has 2 aromatic heterocycles. The number of carbonyl (C=O) groups excluding carboxylic acids is 1. The zero-order valence-corrected chi connectivity index (χ0v) is 15.3. The van der Waals surface area contributed by atoms with Crippen molar-refractivity contribution in [3.8, 4) is 11.3 Å². The molecule has 142 valence electrons. The Hall–Kier alpha value is -3.23. The molecule has 0 bridgehead atoms. The van der Waals surface area contributed by atoms with Gasteiger partial charge in [0.1, 0.15) is 11.9 Å². The van der Waals surface area contributed by atoms with Gasteiger partial charge in [0.2, 0.25) is 0 Å². The summed E-state index contributed by atoms with van der Waals surface area (Å²) in [6.45, 7) is 6.45. The number of aryl methyl sites for hydroxylation is 1. The van der Waals surface area contributed by atoms with Crippen molar-refractivity contribution in [1.82, 2.24) is 20.2 Å². The molecule has 0 saturated carbocycles. The van der Waals surface area contributed by atoms with Crippen LogP contribution in [0.15, 0.2) is 41.2 Å². The minimum absolute atomic E-state index is 0.288. The summed E-state index contributed by atoms with van der Waals surface area (Å²) >= 11 is 0. The highest BCUT2D eigenvalue weighted by Gasteiger charge is 2.33. The van der Waals surface area contributed by atoms with E-state index in [1.54, 1.807) is 42.2 Å². The fourth-order valence-electron chi connectivity index (χ4n) is 2.73. The second kappa shape index (κ2) is 7.98. The summed E-state index contributed by atoms with van der Waals surface area (Å²) in [5.74, 6) is -0.157. The molecule has 9 heteroatoms. The summed E-state index contributed by atoms with van der Waals surface area (Å²) in [4.78, 5) is 13.5. The highest BCUT2D eigenvalue weighted by molar-refractivity contribution is 5.90. The fraction of sp³-hybridized carbons (Fsp3) is 0.333. The van der Waals surface area contributed by atoms with Gasteiger partial charge in [-0.15, -0.1) is 5.10 Å². The zero-order valence-electron chi connectivity index (χ0n) is 15.3. The van der Waals surface area contributed by atoms with E-state index >= 15 is 0 Å². The van der Waals surface area contributed by atoms with Crippen LogP contribution in [0.3, 0.4) is 0 Å². The van der Waals surface area contributed by atoms with E-state index < -0.39 is 11.9 Å². The molecule has 8 nitrogen and oxygen atoms in total. The second-order valence-corrected chi connectivity index (χ2v) is 5.74. The number of hydrogen-bond donors (Lipinski definition) is 0. The second-order valence-electron chi connectivity index (χ2n) is 5.74. The van der Waals surface area contributed by atoms with E-state index in [2.05, 4.69) is 15.5 Å². The van der Waals surface area contributed by atoms with Crippen molar-refractivity contribution in [1.29, 1.82) is 0 Å². The Labute approximate surface area is 155 Å². The maximum absolute atomic E-state index is 14.4. The lowest BCUT2D eigenvalue weighted by atomic mass is 10.1. The molecule has 1 saturated heterocycles. The van der Waals surface area contributed by atoms with Gasteiger partial charge in [0.15, 0.2) is 5.76 Å². The number of anilines is 1. The minimum atomic E-state index is -0.521. The number of cyclic esters (lactones) is 1. The van der Waals surface area contributed by atoms with Crippen LogP contribution in [0.1, 0.15) is 19.5 Å². The van der Waals surface area contributed by atoms with Gasteiger partial charge in [-0.05, 0) is 25.1 Å². The smallest absolute Gasteiger partial charge is 0.414 e. The van der Waals surface area contributed by atoms with Crippen molar-refractivity contribution < 1.29 is 18.4 Å². The van der Waals surface area contributed by atoms with E-state index in [-0.39, 0.29) is 11.7 Å². The highest BCUT2D eigenvalue weighted by atomic mass is 19.1. The molecule has 0 radical (unpaired) electrons. The van der Waals surface area contributed by atoms with Gasteiger partial charge < -0.3 is 9.26 Å². The van der Waals surface area contributed by atoms with Crippen LogP contribution in [0.25, 0.3) is 11.3 Å². The summed E-state index contributed by atoms with van der Waals surface area (Å²) in [7, 11) is 0. The Bertz CT molecular complexity index is 910. The van der Waals surface area contributed by atoms with Gasteiger partial charge in [-0.3, -0.25) is 4.90 Å². The van der Waals surface area contributed by atoms with Crippen LogP contribution in [0, 0.1) is 12.7 Å². The van der Waals surface area contributed by atoms with Gasteiger partial charge >= 0.3 is 6.09 Å². The molecule has 0 aliphatic carbocycles. The molecule has 1 aromatic carbocycles. The third-order valence-electron chi connectivity index (χ3n) is 3.89. The lowest BCUT2D eigenvalue weighted by Gasteiger charge is -2.13. The normalized spacial score (nSPS) is 16.1. The van der Waals surface area contributed by atoms with Gasteiger partial charge in [-0.2, -0.15) is 0 Å². The number of halogens is 1. The molecule has 1 aliphatic rings. The summed E-state index contributed by atoms with van der Waals surface area (Å²) in [6, 6.07) is 6.14. The van der Waals surface area contributed by atoms with Crippen LogP contribution < -0.4 is 4.90 Å². The number of ether oxygens (including phenoxy) is 1. The van der Waals surface area contributed by atoms with E-state index in [4.69, 9.17) is 9.26 Å². The largest absolute Gasteiger partial charge is 0.442 e. The molecule has 27 heavy (non-hydrogen) atoms. The summed E-state index contributed by atoms with van der Waals surface area (Å²) in [6.07, 6.45) is 2.33. The van der Waals surface area contributed by atoms with E-state index in [0.717, 1.165) is 0 Å². The minimum Gasteiger partial charge on any atom is -0.442 e. The van der Waals surface area contributed by atoms with Crippen molar-refractivity contribution in [2.24, 2.45) is 0 Å². The average molecular weight is 373 g/mol. The molecule has 1 fully saturated rings. The number of rotatable bonds is 4. The topological polar surface area (TPSA) is 86.3 Å². The Morgan fingerprint density at radius 3 is 2.74 bits per heavy atom. The molecule has 1 aliphatic heterocycles. The fourth-order valence-corrected chi connectivity index (χ4v) is 2.73. The Balaban J connectivity index is 0.00000102. The maximum atomic E-state index is 14.4. The van der Waals surface area contributed by atoms with Crippen LogP contribution in [-0.2, 0) is 11.3 Å². The number of benzene rings is 1. The number of amides is 1. The molecular formula is C18H20FN5O3. The highest BCUT2D eigenvalue weighted by Crippen LogP contribution is 2.29. The molecular weight excluding hydrogens is 353 g/mol. The zero-order chi connectivity index (χ0) is 19.4. The van der Waals surface area contributed by atoms with Gasteiger partial charge in [0, 0.05) is 12.3 Å². The summed E-state index contributed by atoms with van der Waals surface area (Å²) in [5, 5.41) is 11.3. The van der Waals surface area contributed by atoms with Gasteiger partial charge in [0.25, 0.3) is 0 Å². The molecule has 1 atom stereocenters. The number of carbonyl (C=O) groups is 1. The monoisotopic (exact) mass is 373 g/mol. The first kappa shape index (κ1) is 18.6. The Kier molecular flexibility index (Phi) is 5.49. The number of hydrogen-bond acceptors (Lipinski definition) is 6. The predicted molar refractivity (Wildman–Crippen MR) is 95.6 cm³/mol. The van der Waals surface area contributed by atoms with E-state index in [1.807, 2.05) is 13.8 Å². The van der Waals surface area contributed by atoms with Crippen LogP contribution in [-0.4, -0.2) is 38.9 Å². The third kappa shape index (κ3) is 3.97. The van der Waals surface area contributed by atoms with Gasteiger partial charge in [-0.1, -0.05) is 24.2 Å². The lowest BCUT2D eigenvalue weighted by Crippen LogP contribution is -2.26. The van der Waals surface area contributed by atoms with Gasteiger partial charge in [-0.25, -0.2) is 13.9 Å². The Morgan fingerprint density at radius 1 is 1.30 bits per heavy atom. The van der Waals surface area contributed by atoms with Crippen molar-refractivity contribution in [2.75, 3.05) is 11.4 Å². The van der Waals surface area contributed by atoms with Crippen molar-refractivity contribution in [3.63, 3.8) is 0 Å². The molecule has 0 unspecified atom stereocenters. The quantitative estimate of drug-likeness (QED) is 0.696. The average Bonchev–Trinajstić information content (AvgIpc) is 3.39. The van der Waals surface area contributed by atoms with Crippen LogP contribution in [0.4, 0.5) is 14.9 Å². The van der Waals surface area contributed by atoms with Crippen molar-refractivity contribution >= 4 is 11.8 Å². The number of nitrogens with zero attached hydrogens (tertiary/aromatic N) is 5. The van der Waals surface area contributed by atoms with Crippen molar-refractivity contribution in [2.45, 2.75) is 33.4 Å². The molecule has 0 N–H and O–H groups in total. The van der Waals surface area contributed by atoms with Crippen LogP contribution in [0.5, 0.6) is 0 Å². The standard InChI is InChI=1S/C16H14FN5O3.C2H6/c1-10-6-15(25-19-10)13-3-2-11(7-14(13)17)22-9-12(24-16(22)23)8-21-5-4-18-20-21;1-2/h2-7,12H,8-9H2,1H3;1-2H3/t12-;/m0./s1. The Morgan fingerprint density at radius 2 is 2.11 bits per heavy atom. The van der Waals surface area contributed by atoms with E-state index in [0.29, 0.717) is 30.2 Å². The lowest BCUT2D eigenvalue weighted by molar-refractivity contribution is 0.129. The van der Waals surface area contributed by atoms with Crippen LogP contribution >= 0.6 is 0 Å². The van der Waals surface area contributed by atoms with Gasteiger partial charge in [0.05, 0.1) is 36.2 Å². The maximum Gasteiger partial charge on any atom is 0.414 e. The summed E-state index contributed by atoms with van der Waals surface area (Å²) in [5.41, 5.74) is 1.37. The molecule has 0 spiro atoms. The van der Waals surface area contributed by atoms with E-state index in [9.17, 15) is 9.18 Å². The first-order valence-corrected chi connectivity index (χ1v) is 8.65. The molecule has 3 heterocycles. The first-order chi connectivity index (χ1) is 13.1. The molecule has 3 aromatic rings.